The number of carbonyl (C=O) groups is 3. The van der Waals surface area contributed by atoms with Gasteiger partial charge in [0.15, 0.2) is 0 Å². The van der Waals surface area contributed by atoms with E-state index in [9.17, 15) is 14.4 Å². The molecule has 1 saturated heterocycles. The molecular weight excluding hydrogens is 338 g/mol. The van der Waals surface area contributed by atoms with Gasteiger partial charge in [0.1, 0.15) is 12.1 Å². The number of carboxylic acid groups (broad SMARTS) is 1. The van der Waals surface area contributed by atoms with E-state index in [1.54, 1.807) is 25.7 Å². The molecule has 0 aliphatic carbocycles. The number of amides is 2. The van der Waals surface area contributed by atoms with E-state index in [2.05, 4.69) is 0 Å². The molecule has 0 spiro atoms. The minimum absolute atomic E-state index is 0.0712. The number of aliphatic carboxylic acids is 1. The molecule has 0 aromatic heterocycles. The fraction of sp³-hybridized carbons (Fsp3) is 0.833. The van der Waals surface area contributed by atoms with Gasteiger partial charge in [-0.1, -0.05) is 19.3 Å². The first kappa shape index (κ1) is 22.2. The van der Waals surface area contributed by atoms with Gasteiger partial charge < -0.3 is 20.5 Å². The van der Waals surface area contributed by atoms with Gasteiger partial charge in [-0.15, -0.1) is 0 Å². The molecule has 0 unspecified atom stereocenters. The van der Waals surface area contributed by atoms with Gasteiger partial charge in [-0.05, 0) is 40.2 Å². The number of piperazine rings is 1. The van der Waals surface area contributed by atoms with Crippen molar-refractivity contribution in [2.75, 3.05) is 26.2 Å². The van der Waals surface area contributed by atoms with Crippen molar-refractivity contribution in [2.24, 2.45) is 5.73 Å². The van der Waals surface area contributed by atoms with E-state index in [1.807, 2.05) is 0 Å². The van der Waals surface area contributed by atoms with Crippen molar-refractivity contribution in [2.45, 2.75) is 70.9 Å². The largest absolute Gasteiger partial charge is 0.481 e. The Kier molecular flexibility index (Phi) is 8.84. The van der Waals surface area contributed by atoms with Crippen LogP contribution in [0, 0.1) is 0 Å². The predicted molar refractivity (Wildman–Crippen MR) is 97.7 cm³/mol. The maximum Gasteiger partial charge on any atom is 0.410 e. The van der Waals surface area contributed by atoms with Crippen LogP contribution in [-0.4, -0.2) is 70.7 Å². The Morgan fingerprint density at radius 3 is 2.38 bits per heavy atom. The zero-order valence-electron chi connectivity index (χ0n) is 16.2. The first-order chi connectivity index (χ1) is 12.1. The van der Waals surface area contributed by atoms with Crippen molar-refractivity contribution < 1.29 is 24.2 Å². The Labute approximate surface area is 155 Å². The van der Waals surface area contributed by atoms with Crippen LogP contribution in [0.2, 0.25) is 0 Å². The van der Waals surface area contributed by atoms with Gasteiger partial charge in [0.05, 0.1) is 12.5 Å². The summed E-state index contributed by atoms with van der Waals surface area (Å²) in [6.45, 7) is 6.57. The normalized spacial score (nSPS) is 18.2. The smallest absolute Gasteiger partial charge is 0.410 e. The second-order valence-electron chi connectivity index (χ2n) is 7.76. The molecule has 1 aliphatic heterocycles. The fourth-order valence-electron chi connectivity index (χ4n) is 2.98. The second-order valence-corrected chi connectivity index (χ2v) is 7.76. The highest BCUT2D eigenvalue weighted by Crippen LogP contribution is 2.19. The highest BCUT2D eigenvalue weighted by Gasteiger charge is 2.37. The van der Waals surface area contributed by atoms with Crippen molar-refractivity contribution in [1.82, 2.24) is 9.80 Å². The van der Waals surface area contributed by atoms with Crippen molar-refractivity contribution in [3.8, 4) is 0 Å². The van der Waals surface area contributed by atoms with Gasteiger partial charge >= 0.3 is 12.1 Å². The number of carboxylic acids is 1. The lowest BCUT2D eigenvalue weighted by Crippen LogP contribution is -2.59. The van der Waals surface area contributed by atoms with Crippen molar-refractivity contribution in [1.29, 1.82) is 0 Å². The first-order valence-corrected chi connectivity index (χ1v) is 9.33. The number of ether oxygens (including phenoxy) is 1. The highest BCUT2D eigenvalue weighted by atomic mass is 16.6. The number of carbonyl (C=O) groups excluding carboxylic acids is 2. The molecule has 3 N–H and O–H groups in total. The Morgan fingerprint density at radius 2 is 1.81 bits per heavy atom. The number of nitrogens with two attached hydrogens (primary N) is 1. The summed E-state index contributed by atoms with van der Waals surface area (Å²) >= 11 is 0. The van der Waals surface area contributed by atoms with Crippen LogP contribution in [0.3, 0.4) is 0 Å². The van der Waals surface area contributed by atoms with E-state index in [1.165, 1.54) is 4.90 Å². The van der Waals surface area contributed by atoms with Crippen LogP contribution in [0.1, 0.15) is 59.3 Å². The minimum atomic E-state index is -0.984. The molecule has 8 nitrogen and oxygen atoms in total. The number of rotatable bonds is 9. The third-order valence-electron chi connectivity index (χ3n) is 4.18. The fourth-order valence-corrected chi connectivity index (χ4v) is 2.98. The van der Waals surface area contributed by atoms with Gasteiger partial charge in [0.2, 0.25) is 5.91 Å². The van der Waals surface area contributed by atoms with Gasteiger partial charge in [0, 0.05) is 13.1 Å². The number of hydrogen-bond donors (Lipinski definition) is 2. The standard InChI is InChI=1S/C18H33N3O5/c1-18(2,3)26-17(25)20-12-14(11-16(23)24)21(15(22)13-20)10-8-6-4-5-7-9-19/h14H,4-13,19H2,1-3H3,(H,23,24)/t14-/m0/s1. The van der Waals surface area contributed by atoms with Crippen molar-refractivity contribution in [3.05, 3.63) is 0 Å². The summed E-state index contributed by atoms with van der Waals surface area (Å²) in [5.41, 5.74) is 4.80. The molecule has 1 heterocycles. The van der Waals surface area contributed by atoms with Crippen LogP contribution >= 0.6 is 0 Å². The zero-order chi connectivity index (χ0) is 19.7. The molecule has 8 heteroatoms. The molecule has 150 valence electrons. The van der Waals surface area contributed by atoms with E-state index >= 15 is 0 Å². The summed E-state index contributed by atoms with van der Waals surface area (Å²) in [7, 11) is 0. The first-order valence-electron chi connectivity index (χ1n) is 9.33. The Morgan fingerprint density at radius 1 is 1.19 bits per heavy atom. The van der Waals surface area contributed by atoms with Crippen LogP contribution in [-0.2, 0) is 14.3 Å². The molecule has 2 amide bonds. The topological polar surface area (TPSA) is 113 Å². The predicted octanol–water partition coefficient (Wildman–Crippen LogP) is 1.82. The monoisotopic (exact) mass is 371 g/mol. The molecule has 1 rings (SSSR count). The highest BCUT2D eigenvalue weighted by molar-refractivity contribution is 5.84. The van der Waals surface area contributed by atoms with E-state index < -0.39 is 23.7 Å². The Balaban J connectivity index is 2.63. The maximum atomic E-state index is 12.5. The molecule has 0 aromatic carbocycles. The molecule has 0 saturated carbocycles. The average Bonchev–Trinajstić information content (AvgIpc) is 2.50. The third kappa shape index (κ3) is 8.03. The summed E-state index contributed by atoms with van der Waals surface area (Å²) in [6.07, 6.45) is 4.14. The molecule has 1 atom stereocenters. The number of nitrogens with zero attached hydrogens (tertiary/aromatic N) is 2. The summed E-state index contributed by atoms with van der Waals surface area (Å²) in [4.78, 5) is 38.8. The lowest BCUT2D eigenvalue weighted by Gasteiger charge is -2.40. The molecule has 1 fully saturated rings. The van der Waals surface area contributed by atoms with E-state index in [0.29, 0.717) is 13.1 Å². The van der Waals surface area contributed by atoms with Gasteiger partial charge in [-0.25, -0.2) is 4.79 Å². The molecule has 26 heavy (non-hydrogen) atoms. The lowest BCUT2D eigenvalue weighted by atomic mass is 10.1. The summed E-state index contributed by atoms with van der Waals surface area (Å²) < 4.78 is 5.31. The minimum Gasteiger partial charge on any atom is -0.481 e. The van der Waals surface area contributed by atoms with Gasteiger partial charge in [-0.3, -0.25) is 14.5 Å². The molecular formula is C18H33N3O5. The zero-order valence-corrected chi connectivity index (χ0v) is 16.2. The summed E-state index contributed by atoms with van der Waals surface area (Å²) in [5.74, 6) is -1.21. The Bertz CT molecular complexity index is 490. The van der Waals surface area contributed by atoms with E-state index in [-0.39, 0.29) is 25.4 Å². The van der Waals surface area contributed by atoms with Crippen LogP contribution in [0.5, 0.6) is 0 Å². The molecule has 0 bridgehead atoms. The van der Waals surface area contributed by atoms with E-state index in [0.717, 1.165) is 32.1 Å². The Hall–Kier alpha value is -1.83. The SMILES string of the molecule is CC(C)(C)OC(=O)N1CC(=O)N(CCCCCCCN)[C@@H](CC(=O)O)C1. The number of unbranched alkanes of at least 4 members (excludes halogenated alkanes) is 4. The maximum absolute atomic E-state index is 12.5. The third-order valence-corrected chi connectivity index (χ3v) is 4.18. The van der Waals surface area contributed by atoms with Crippen LogP contribution in [0.4, 0.5) is 4.79 Å². The quantitative estimate of drug-likeness (QED) is 0.598. The molecule has 0 aromatic rings. The lowest BCUT2D eigenvalue weighted by molar-refractivity contribution is -0.145. The van der Waals surface area contributed by atoms with Crippen molar-refractivity contribution >= 4 is 18.0 Å². The number of hydrogen-bond acceptors (Lipinski definition) is 5. The average molecular weight is 371 g/mol. The summed E-state index contributed by atoms with van der Waals surface area (Å²) in [6, 6.07) is -0.523. The second kappa shape index (κ2) is 10.4. The van der Waals surface area contributed by atoms with Crippen molar-refractivity contribution in [3.63, 3.8) is 0 Å². The molecule has 0 radical (unpaired) electrons. The van der Waals surface area contributed by atoms with Gasteiger partial charge in [0.25, 0.3) is 0 Å². The van der Waals surface area contributed by atoms with Crippen LogP contribution < -0.4 is 5.73 Å². The summed E-state index contributed by atoms with van der Waals surface area (Å²) in [5, 5.41) is 9.17. The van der Waals surface area contributed by atoms with Crippen LogP contribution in [0.25, 0.3) is 0 Å². The molecule has 1 aliphatic rings. The van der Waals surface area contributed by atoms with Gasteiger partial charge in [-0.2, -0.15) is 0 Å². The van der Waals surface area contributed by atoms with E-state index in [4.69, 9.17) is 15.6 Å². The van der Waals surface area contributed by atoms with Crippen LogP contribution in [0.15, 0.2) is 0 Å².